The average Bonchev–Trinajstić information content (AvgIpc) is 2.80. The summed E-state index contributed by atoms with van der Waals surface area (Å²) >= 11 is 0. The first-order chi connectivity index (χ1) is 15.4. The van der Waals surface area contributed by atoms with E-state index >= 15 is 0 Å². The summed E-state index contributed by atoms with van der Waals surface area (Å²) in [6.45, 7) is 5.35. The lowest BCUT2D eigenvalue weighted by atomic mass is 9.99. The van der Waals surface area contributed by atoms with Gasteiger partial charge in [0, 0.05) is 62.3 Å². The molecule has 0 aliphatic carbocycles. The van der Waals surface area contributed by atoms with Crippen molar-refractivity contribution < 1.29 is 9.59 Å². The van der Waals surface area contributed by atoms with Crippen LogP contribution in [0.4, 0.5) is 10.5 Å². The number of fused-ring (bicyclic) bond motifs is 3. The highest BCUT2D eigenvalue weighted by Crippen LogP contribution is 2.37. The SMILES string of the molecule is CC(=O)N1CCC(N2C(=O)N(C)Cc3cnc4ccc(-c5ccc(C)nc5)nc4c32)CC1. The molecule has 1 saturated heterocycles. The van der Waals surface area contributed by atoms with Crippen molar-refractivity contribution in [2.45, 2.75) is 39.3 Å². The quantitative estimate of drug-likeness (QED) is 0.622. The number of aryl methyl sites for hydroxylation is 1. The zero-order valence-electron chi connectivity index (χ0n) is 18.6. The highest BCUT2D eigenvalue weighted by atomic mass is 16.2. The fourth-order valence-corrected chi connectivity index (χ4v) is 4.64. The smallest absolute Gasteiger partial charge is 0.324 e. The van der Waals surface area contributed by atoms with Crippen molar-refractivity contribution in [3.8, 4) is 11.3 Å². The molecule has 3 aromatic heterocycles. The van der Waals surface area contributed by atoms with E-state index in [2.05, 4.69) is 9.97 Å². The summed E-state index contributed by atoms with van der Waals surface area (Å²) in [7, 11) is 1.81. The molecule has 2 aliphatic rings. The van der Waals surface area contributed by atoms with E-state index in [1.165, 1.54) is 0 Å². The van der Waals surface area contributed by atoms with Crippen LogP contribution >= 0.6 is 0 Å². The Labute approximate surface area is 186 Å². The van der Waals surface area contributed by atoms with Crippen LogP contribution in [0.25, 0.3) is 22.3 Å². The Hall–Kier alpha value is -3.55. The van der Waals surface area contributed by atoms with Crippen LogP contribution in [-0.4, -0.2) is 62.9 Å². The second-order valence-electron chi connectivity index (χ2n) is 8.63. The highest BCUT2D eigenvalue weighted by molar-refractivity contribution is 6.04. The Morgan fingerprint density at radius 2 is 1.84 bits per heavy atom. The zero-order chi connectivity index (χ0) is 22.4. The topological polar surface area (TPSA) is 82.5 Å². The van der Waals surface area contributed by atoms with Crippen molar-refractivity contribution in [1.29, 1.82) is 0 Å². The van der Waals surface area contributed by atoms with Crippen LogP contribution in [0.5, 0.6) is 0 Å². The van der Waals surface area contributed by atoms with E-state index in [1.807, 2.05) is 60.4 Å². The number of pyridine rings is 3. The number of carbonyl (C=O) groups is 2. The molecule has 0 unspecified atom stereocenters. The number of hydrogen-bond acceptors (Lipinski definition) is 5. The molecule has 5 heterocycles. The summed E-state index contributed by atoms with van der Waals surface area (Å²) < 4.78 is 0. The number of rotatable bonds is 2. The molecule has 0 saturated carbocycles. The van der Waals surface area contributed by atoms with Gasteiger partial charge < -0.3 is 9.80 Å². The number of hydrogen-bond donors (Lipinski definition) is 0. The first-order valence-electron chi connectivity index (χ1n) is 10.9. The van der Waals surface area contributed by atoms with Gasteiger partial charge in [0.2, 0.25) is 5.91 Å². The molecule has 32 heavy (non-hydrogen) atoms. The summed E-state index contributed by atoms with van der Waals surface area (Å²) in [6, 6.07) is 7.85. The van der Waals surface area contributed by atoms with Gasteiger partial charge in [0.05, 0.1) is 23.4 Å². The van der Waals surface area contributed by atoms with Gasteiger partial charge in [-0.3, -0.25) is 19.7 Å². The number of nitrogens with zero attached hydrogens (tertiary/aromatic N) is 6. The van der Waals surface area contributed by atoms with Gasteiger partial charge in [0.25, 0.3) is 0 Å². The predicted molar refractivity (Wildman–Crippen MR) is 122 cm³/mol. The molecule has 1 fully saturated rings. The van der Waals surface area contributed by atoms with E-state index in [-0.39, 0.29) is 18.0 Å². The van der Waals surface area contributed by atoms with Gasteiger partial charge in [-0.15, -0.1) is 0 Å². The van der Waals surface area contributed by atoms with Crippen molar-refractivity contribution in [2.75, 3.05) is 25.0 Å². The summed E-state index contributed by atoms with van der Waals surface area (Å²) in [5.74, 6) is 0.0820. The molecule has 3 aromatic rings. The minimum Gasteiger partial charge on any atom is -0.343 e. The van der Waals surface area contributed by atoms with Gasteiger partial charge in [-0.1, -0.05) is 0 Å². The van der Waals surface area contributed by atoms with E-state index in [9.17, 15) is 9.59 Å². The minimum absolute atomic E-state index is 0.0108. The zero-order valence-corrected chi connectivity index (χ0v) is 18.6. The van der Waals surface area contributed by atoms with Crippen molar-refractivity contribution in [3.63, 3.8) is 0 Å². The second-order valence-corrected chi connectivity index (χ2v) is 8.63. The number of anilines is 1. The maximum absolute atomic E-state index is 13.4. The van der Waals surface area contributed by atoms with Crippen molar-refractivity contribution >= 4 is 28.7 Å². The molecule has 5 rings (SSSR count). The Morgan fingerprint density at radius 1 is 1.06 bits per heavy atom. The summed E-state index contributed by atoms with van der Waals surface area (Å²) in [4.78, 5) is 44.6. The molecule has 8 nitrogen and oxygen atoms in total. The number of carbonyl (C=O) groups excluding carboxylic acids is 2. The molecule has 0 atom stereocenters. The van der Waals surface area contributed by atoms with Crippen LogP contribution in [0.3, 0.4) is 0 Å². The average molecular weight is 431 g/mol. The first kappa shape index (κ1) is 20.4. The summed E-state index contributed by atoms with van der Waals surface area (Å²) in [5, 5.41) is 0. The molecule has 164 valence electrons. The standard InChI is InChI=1S/C24H26N6O2/c1-15-4-5-17(12-25-15)20-6-7-21-22(27-20)23-18(13-26-21)14-28(3)24(32)30(23)19-8-10-29(11-9-19)16(2)31/h4-7,12-13,19H,8-11,14H2,1-3H3. The van der Waals surface area contributed by atoms with Crippen LogP contribution in [0.2, 0.25) is 0 Å². The maximum Gasteiger partial charge on any atom is 0.324 e. The predicted octanol–water partition coefficient (Wildman–Crippen LogP) is 3.38. The fraction of sp³-hybridized carbons (Fsp3) is 0.375. The Morgan fingerprint density at radius 3 is 2.53 bits per heavy atom. The van der Waals surface area contributed by atoms with E-state index in [0.29, 0.717) is 19.6 Å². The number of amides is 3. The van der Waals surface area contributed by atoms with E-state index < -0.39 is 0 Å². The van der Waals surface area contributed by atoms with Crippen LogP contribution in [0.15, 0.2) is 36.7 Å². The van der Waals surface area contributed by atoms with Gasteiger partial charge in [-0.05, 0) is 44.0 Å². The van der Waals surface area contributed by atoms with Crippen molar-refractivity contribution in [3.05, 3.63) is 47.9 Å². The fourth-order valence-electron chi connectivity index (χ4n) is 4.64. The van der Waals surface area contributed by atoms with E-state index in [1.54, 1.807) is 11.8 Å². The molecular formula is C24H26N6O2. The van der Waals surface area contributed by atoms with Crippen LogP contribution < -0.4 is 4.90 Å². The lowest BCUT2D eigenvalue weighted by Crippen LogP contribution is -2.54. The van der Waals surface area contributed by atoms with E-state index in [0.717, 1.165) is 52.1 Å². The van der Waals surface area contributed by atoms with Crippen LogP contribution in [-0.2, 0) is 11.3 Å². The van der Waals surface area contributed by atoms with Gasteiger partial charge >= 0.3 is 6.03 Å². The monoisotopic (exact) mass is 430 g/mol. The summed E-state index contributed by atoms with van der Waals surface area (Å²) in [5.41, 5.74) is 6.01. The van der Waals surface area contributed by atoms with Crippen LogP contribution in [0.1, 0.15) is 31.0 Å². The molecule has 0 spiro atoms. The molecule has 0 radical (unpaired) electrons. The van der Waals surface area contributed by atoms with E-state index in [4.69, 9.17) is 4.98 Å². The lowest BCUT2D eigenvalue weighted by Gasteiger charge is -2.43. The highest BCUT2D eigenvalue weighted by Gasteiger charge is 2.37. The molecule has 8 heteroatoms. The summed E-state index contributed by atoms with van der Waals surface area (Å²) in [6.07, 6.45) is 5.15. The number of aromatic nitrogens is 3. The van der Waals surface area contributed by atoms with Gasteiger partial charge in [-0.2, -0.15) is 0 Å². The van der Waals surface area contributed by atoms with Gasteiger partial charge in [-0.25, -0.2) is 9.78 Å². The van der Waals surface area contributed by atoms with Gasteiger partial charge in [0.1, 0.15) is 5.52 Å². The molecule has 2 aliphatic heterocycles. The molecular weight excluding hydrogens is 404 g/mol. The second kappa shape index (κ2) is 7.85. The largest absolute Gasteiger partial charge is 0.343 e. The van der Waals surface area contributed by atoms with Gasteiger partial charge in [0.15, 0.2) is 0 Å². The van der Waals surface area contributed by atoms with Crippen LogP contribution in [0, 0.1) is 6.92 Å². The Bertz CT molecular complexity index is 1200. The van der Waals surface area contributed by atoms with Crippen molar-refractivity contribution in [1.82, 2.24) is 24.8 Å². The molecule has 3 amide bonds. The Kier molecular flexibility index (Phi) is 5.00. The normalized spacial score (nSPS) is 17.1. The molecule has 0 N–H and O–H groups in total. The number of urea groups is 1. The Balaban J connectivity index is 1.61. The third-order valence-electron chi connectivity index (χ3n) is 6.43. The third kappa shape index (κ3) is 3.45. The maximum atomic E-state index is 13.4. The minimum atomic E-state index is -0.0320. The lowest BCUT2D eigenvalue weighted by molar-refractivity contribution is -0.129. The van der Waals surface area contributed by atoms with Crippen molar-refractivity contribution in [2.24, 2.45) is 0 Å². The molecule has 0 aromatic carbocycles. The first-order valence-corrected chi connectivity index (χ1v) is 10.9. The number of piperidine rings is 1. The third-order valence-corrected chi connectivity index (χ3v) is 6.43. The molecule has 0 bridgehead atoms. The number of likely N-dealkylation sites (tertiary alicyclic amines) is 1.